The van der Waals surface area contributed by atoms with Crippen LogP contribution in [-0.2, 0) is 0 Å². The molecule has 36 heavy (non-hydrogen) atoms. The first-order valence-electron chi connectivity index (χ1n) is 14.5. The summed E-state index contributed by atoms with van der Waals surface area (Å²) in [4.78, 5) is 15.2. The van der Waals surface area contributed by atoms with Gasteiger partial charge in [-0.3, -0.25) is 4.98 Å². The lowest BCUT2D eigenvalue weighted by Gasteiger charge is -2.64. The van der Waals surface area contributed by atoms with E-state index in [1.165, 1.54) is 38.3 Å². The minimum atomic E-state index is -0.952. The molecule has 4 aliphatic rings. The SMILES string of the molecule is CC[C@H]1[C@@H](O)[C@@H]2[C@H](CC[C@]3(C)[C@@H](CCCNc4cncc(C(=O)O)c4)CC[C@@H]23)[C@@]2(C)CC[C@@H](O)C[C@@H]12. The van der Waals surface area contributed by atoms with Gasteiger partial charge >= 0.3 is 5.97 Å². The van der Waals surface area contributed by atoms with Crippen molar-refractivity contribution in [1.82, 2.24) is 4.98 Å². The molecule has 0 unspecified atom stereocenters. The number of carbonyl (C=O) groups is 1. The minimum absolute atomic E-state index is 0.193. The molecule has 0 aliphatic heterocycles. The zero-order valence-corrected chi connectivity index (χ0v) is 22.3. The van der Waals surface area contributed by atoms with Crippen LogP contribution in [0.15, 0.2) is 18.5 Å². The first-order valence-corrected chi connectivity index (χ1v) is 14.5. The van der Waals surface area contributed by atoms with Crippen molar-refractivity contribution < 1.29 is 20.1 Å². The fourth-order valence-electron chi connectivity index (χ4n) is 9.78. The Morgan fingerprint density at radius 1 is 1.06 bits per heavy atom. The van der Waals surface area contributed by atoms with E-state index in [4.69, 9.17) is 0 Å². The molecule has 5 rings (SSSR count). The van der Waals surface area contributed by atoms with Gasteiger partial charge in [0.1, 0.15) is 0 Å². The van der Waals surface area contributed by atoms with Gasteiger partial charge in [0.2, 0.25) is 0 Å². The Labute approximate surface area is 216 Å². The van der Waals surface area contributed by atoms with Gasteiger partial charge in [-0.05, 0) is 110 Å². The van der Waals surface area contributed by atoms with E-state index < -0.39 is 5.97 Å². The average Bonchev–Trinajstić information content (AvgIpc) is 3.19. The van der Waals surface area contributed by atoms with Crippen LogP contribution in [-0.4, -0.2) is 45.0 Å². The van der Waals surface area contributed by atoms with E-state index in [0.717, 1.165) is 44.3 Å². The number of nitrogens with one attached hydrogen (secondary N) is 1. The van der Waals surface area contributed by atoms with Crippen molar-refractivity contribution in [2.45, 2.75) is 97.2 Å². The van der Waals surface area contributed by atoms with Crippen molar-refractivity contribution in [2.24, 2.45) is 46.3 Å². The van der Waals surface area contributed by atoms with Gasteiger partial charge in [0.15, 0.2) is 0 Å². The lowest BCUT2D eigenvalue weighted by atomic mass is 9.41. The summed E-state index contributed by atoms with van der Waals surface area (Å²) in [5.74, 6) is 2.07. The van der Waals surface area contributed by atoms with Crippen molar-refractivity contribution in [3.05, 3.63) is 24.0 Å². The Morgan fingerprint density at radius 2 is 1.81 bits per heavy atom. The highest BCUT2D eigenvalue weighted by atomic mass is 16.4. The maximum Gasteiger partial charge on any atom is 0.337 e. The summed E-state index contributed by atoms with van der Waals surface area (Å²) in [6.45, 7) is 8.08. The van der Waals surface area contributed by atoms with Gasteiger partial charge in [0.05, 0.1) is 23.5 Å². The topological polar surface area (TPSA) is 103 Å². The zero-order chi connectivity index (χ0) is 25.7. The second-order valence-electron chi connectivity index (χ2n) is 13.0. The molecule has 1 aromatic heterocycles. The molecule has 4 saturated carbocycles. The third-order valence-corrected chi connectivity index (χ3v) is 11.6. The Balaban J connectivity index is 1.25. The molecule has 4 fully saturated rings. The predicted octanol–water partition coefficient (Wildman–Crippen LogP) is 5.60. The van der Waals surface area contributed by atoms with Crippen molar-refractivity contribution in [3.63, 3.8) is 0 Å². The minimum Gasteiger partial charge on any atom is -0.478 e. The number of fused-ring (bicyclic) bond motifs is 5. The maximum atomic E-state index is 11.8. The molecule has 6 heteroatoms. The largest absolute Gasteiger partial charge is 0.478 e. The number of anilines is 1. The lowest BCUT2D eigenvalue weighted by molar-refractivity contribution is -0.202. The summed E-state index contributed by atoms with van der Waals surface area (Å²) in [5, 5.41) is 34.9. The van der Waals surface area contributed by atoms with E-state index in [2.05, 4.69) is 31.1 Å². The maximum absolute atomic E-state index is 11.8. The van der Waals surface area contributed by atoms with Crippen LogP contribution in [0.5, 0.6) is 0 Å². The van der Waals surface area contributed by atoms with Crippen LogP contribution >= 0.6 is 0 Å². The molecule has 4 N–H and O–H groups in total. The number of carboxylic acids is 1. The lowest BCUT2D eigenvalue weighted by Crippen LogP contribution is -2.62. The number of aromatic nitrogens is 1. The van der Waals surface area contributed by atoms with Crippen LogP contribution < -0.4 is 5.32 Å². The van der Waals surface area contributed by atoms with Crippen molar-refractivity contribution >= 4 is 11.7 Å². The number of pyridine rings is 1. The van der Waals surface area contributed by atoms with Crippen LogP contribution in [0, 0.1) is 46.3 Å². The molecule has 0 saturated heterocycles. The van der Waals surface area contributed by atoms with Gasteiger partial charge in [0.25, 0.3) is 0 Å². The number of nitrogens with zero attached hydrogens (tertiary/aromatic N) is 1. The van der Waals surface area contributed by atoms with Crippen molar-refractivity contribution in [1.29, 1.82) is 0 Å². The summed E-state index contributed by atoms with van der Waals surface area (Å²) in [5.41, 5.74) is 1.53. The van der Waals surface area contributed by atoms with E-state index in [0.29, 0.717) is 40.9 Å². The number of hydrogen-bond donors (Lipinski definition) is 4. The normalized spacial score (nSPS) is 43.8. The van der Waals surface area contributed by atoms with Crippen molar-refractivity contribution in [3.8, 4) is 0 Å². The molecule has 10 atom stereocenters. The molecule has 0 bridgehead atoms. The van der Waals surface area contributed by atoms with E-state index in [1.807, 2.05) is 0 Å². The fourth-order valence-corrected chi connectivity index (χ4v) is 9.78. The Hall–Kier alpha value is -1.66. The smallest absolute Gasteiger partial charge is 0.337 e. The van der Waals surface area contributed by atoms with Crippen LogP contribution in [0.4, 0.5) is 5.69 Å². The first-order chi connectivity index (χ1) is 17.2. The highest BCUT2D eigenvalue weighted by Crippen LogP contribution is 2.69. The van der Waals surface area contributed by atoms with E-state index >= 15 is 0 Å². The van der Waals surface area contributed by atoms with Gasteiger partial charge in [-0.25, -0.2) is 4.79 Å². The molecule has 4 aliphatic carbocycles. The van der Waals surface area contributed by atoms with Crippen LogP contribution in [0.2, 0.25) is 0 Å². The molecule has 0 aromatic carbocycles. The van der Waals surface area contributed by atoms with Crippen LogP contribution in [0.1, 0.15) is 95.3 Å². The number of aromatic carboxylic acids is 1. The number of hydrogen-bond acceptors (Lipinski definition) is 5. The first kappa shape index (κ1) is 26.0. The Bertz CT molecular complexity index is 955. The summed E-state index contributed by atoms with van der Waals surface area (Å²) in [6, 6.07) is 1.65. The van der Waals surface area contributed by atoms with Crippen LogP contribution in [0.25, 0.3) is 0 Å². The van der Waals surface area contributed by atoms with Gasteiger partial charge in [-0.15, -0.1) is 0 Å². The molecule has 1 heterocycles. The summed E-state index contributed by atoms with van der Waals surface area (Å²) < 4.78 is 0. The van der Waals surface area contributed by atoms with E-state index in [1.54, 1.807) is 12.3 Å². The van der Waals surface area contributed by atoms with E-state index in [-0.39, 0.29) is 23.2 Å². The second-order valence-corrected chi connectivity index (χ2v) is 13.0. The molecule has 0 radical (unpaired) electrons. The highest BCUT2D eigenvalue weighted by molar-refractivity contribution is 5.88. The van der Waals surface area contributed by atoms with E-state index in [9.17, 15) is 20.1 Å². The third-order valence-electron chi connectivity index (χ3n) is 11.6. The number of aliphatic hydroxyl groups is 2. The average molecular weight is 499 g/mol. The number of rotatable bonds is 7. The summed E-state index contributed by atoms with van der Waals surface area (Å²) >= 11 is 0. The fraction of sp³-hybridized carbons (Fsp3) is 0.800. The highest BCUT2D eigenvalue weighted by Gasteiger charge is 2.64. The van der Waals surface area contributed by atoms with Gasteiger partial charge in [-0.2, -0.15) is 0 Å². The molecule has 200 valence electrons. The summed E-state index contributed by atoms with van der Waals surface area (Å²) in [7, 11) is 0. The quantitative estimate of drug-likeness (QED) is 0.365. The molecule has 6 nitrogen and oxygen atoms in total. The molecule has 1 aromatic rings. The number of aliphatic hydroxyl groups excluding tert-OH is 2. The Morgan fingerprint density at radius 3 is 2.56 bits per heavy atom. The third kappa shape index (κ3) is 4.26. The van der Waals surface area contributed by atoms with Gasteiger partial charge in [-0.1, -0.05) is 27.2 Å². The standard InChI is InChI=1S/C30H46N2O4/c1-4-22-25-15-21(33)9-11-30(25,3)24-10-12-29(2)19(7-8-23(29)26(24)27(22)34)6-5-13-32-20-14-18(28(35)36)16-31-17-20/h14,16-17,19,21-27,32-34H,4-13,15H2,1-3H3,(H,35,36)/t19-,21+,22+,23-,24-,25-,26-,27+,29+,30+/m0/s1. The summed E-state index contributed by atoms with van der Waals surface area (Å²) in [6.07, 6.45) is 13.7. The Kier molecular flexibility index (Phi) is 7.14. The van der Waals surface area contributed by atoms with Crippen molar-refractivity contribution in [2.75, 3.05) is 11.9 Å². The van der Waals surface area contributed by atoms with Gasteiger partial charge < -0.3 is 20.6 Å². The van der Waals surface area contributed by atoms with Crippen LogP contribution in [0.3, 0.4) is 0 Å². The monoisotopic (exact) mass is 498 g/mol. The molecule has 0 amide bonds. The predicted molar refractivity (Wildman–Crippen MR) is 141 cm³/mol. The second kappa shape index (κ2) is 9.90. The zero-order valence-electron chi connectivity index (χ0n) is 22.3. The molecule has 0 spiro atoms. The van der Waals surface area contributed by atoms with Gasteiger partial charge in [0, 0.05) is 18.9 Å². The molecular weight excluding hydrogens is 452 g/mol. The number of carboxylic acid groups (broad SMARTS) is 1. The molecular formula is C30H46N2O4.